The zero-order chi connectivity index (χ0) is 20.1. The van der Waals surface area contributed by atoms with Gasteiger partial charge < -0.3 is 9.15 Å². The second-order valence-electron chi connectivity index (χ2n) is 6.18. The summed E-state index contributed by atoms with van der Waals surface area (Å²) in [7, 11) is 0. The van der Waals surface area contributed by atoms with Crippen LogP contribution in [0.25, 0.3) is 11.3 Å². The van der Waals surface area contributed by atoms with Crippen molar-refractivity contribution in [3.63, 3.8) is 0 Å². The lowest BCUT2D eigenvalue weighted by Crippen LogP contribution is -2.24. The number of amides is 1. The lowest BCUT2D eigenvalue weighted by atomic mass is 10.1. The average molecular weight is 506 g/mol. The quantitative estimate of drug-likeness (QED) is 0.349. The summed E-state index contributed by atoms with van der Waals surface area (Å²) in [5.41, 5.74) is 5.46. The van der Waals surface area contributed by atoms with Crippen LogP contribution in [0.4, 0.5) is 0 Å². The third kappa shape index (κ3) is 5.33. The number of aryl methyl sites for hydroxylation is 2. The van der Waals surface area contributed by atoms with Gasteiger partial charge in [0, 0.05) is 10.0 Å². The molecule has 5 nitrogen and oxygen atoms in total. The molecule has 0 saturated carbocycles. The maximum absolute atomic E-state index is 12.0. The van der Waals surface area contributed by atoms with Crippen LogP contribution in [0.1, 0.15) is 16.9 Å². The van der Waals surface area contributed by atoms with Crippen molar-refractivity contribution in [3.05, 3.63) is 74.4 Å². The van der Waals surface area contributed by atoms with Crippen LogP contribution in [0.2, 0.25) is 0 Å². The Morgan fingerprint density at radius 1 is 1.14 bits per heavy atom. The zero-order valence-electron chi connectivity index (χ0n) is 15.3. The van der Waals surface area contributed by atoms with Crippen LogP contribution >= 0.6 is 31.9 Å². The Balaban J connectivity index is 1.54. The molecule has 0 fully saturated rings. The molecule has 0 unspecified atom stereocenters. The first-order valence-corrected chi connectivity index (χ1v) is 10.1. The van der Waals surface area contributed by atoms with Crippen LogP contribution < -0.4 is 10.2 Å². The Morgan fingerprint density at radius 3 is 2.61 bits per heavy atom. The third-order valence-electron chi connectivity index (χ3n) is 3.86. The molecule has 1 heterocycles. The van der Waals surface area contributed by atoms with Gasteiger partial charge in [-0.25, -0.2) is 5.43 Å². The lowest BCUT2D eigenvalue weighted by molar-refractivity contribution is -0.123. The predicted molar refractivity (Wildman–Crippen MR) is 117 cm³/mol. The molecule has 1 amide bonds. The molecular weight excluding hydrogens is 488 g/mol. The van der Waals surface area contributed by atoms with Gasteiger partial charge in [-0.1, -0.05) is 34.1 Å². The largest absolute Gasteiger partial charge is 0.482 e. The van der Waals surface area contributed by atoms with Crippen molar-refractivity contribution in [3.8, 4) is 17.1 Å². The van der Waals surface area contributed by atoms with E-state index in [0.29, 0.717) is 11.5 Å². The molecule has 28 heavy (non-hydrogen) atoms. The number of hydrogen-bond donors (Lipinski definition) is 1. The topological polar surface area (TPSA) is 63.8 Å². The van der Waals surface area contributed by atoms with Crippen molar-refractivity contribution in [1.82, 2.24) is 5.43 Å². The van der Waals surface area contributed by atoms with E-state index >= 15 is 0 Å². The van der Waals surface area contributed by atoms with Gasteiger partial charge in [0.1, 0.15) is 17.3 Å². The molecule has 0 spiro atoms. The van der Waals surface area contributed by atoms with Gasteiger partial charge in [0.25, 0.3) is 5.91 Å². The van der Waals surface area contributed by atoms with Crippen molar-refractivity contribution in [2.75, 3.05) is 6.61 Å². The number of rotatable bonds is 6. The van der Waals surface area contributed by atoms with E-state index < -0.39 is 0 Å². The summed E-state index contributed by atoms with van der Waals surface area (Å²) in [4.78, 5) is 12.0. The van der Waals surface area contributed by atoms with Gasteiger partial charge in [-0.15, -0.1) is 0 Å². The number of nitrogens with zero attached hydrogens (tertiary/aromatic N) is 1. The van der Waals surface area contributed by atoms with Crippen molar-refractivity contribution < 1.29 is 13.9 Å². The van der Waals surface area contributed by atoms with E-state index in [1.165, 1.54) is 6.21 Å². The van der Waals surface area contributed by atoms with E-state index in [1.807, 2.05) is 56.3 Å². The summed E-state index contributed by atoms with van der Waals surface area (Å²) in [5, 5.41) is 3.92. The van der Waals surface area contributed by atoms with Gasteiger partial charge in [0.15, 0.2) is 6.61 Å². The Morgan fingerprint density at radius 2 is 1.89 bits per heavy atom. The molecule has 144 valence electrons. The zero-order valence-corrected chi connectivity index (χ0v) is 18.5. The minimum absolute atomic E-state index is 0.137. The number of hydrazone groups is 1. The number of carbonyl (C=O) groups is 1. The van der Waals surface area contributed by atoms with Gasteiger partial charge in [0.05, 0.1) is 10.7 Å². The molecule has 0 aliphatic carbocycles. The summed E-state index contributed by atoms with van der Waals surface area (Å²) in [6.45, 7) is 3.80. The second-order valence-corrected chi connectivity index (χ2v) is 7.95. The van der Waals surface area contributed by atoms with Crippen molar-refractivity contribution in [2.45, 2.75) is 13.8 Å². The highest BCUT2D eigenvalue weighted by Crippen LogP contribution is 2.30. The Bertz CT molecular complexity index is 988. The minimum atomic E-state index is -0.359. The van der Waals surface area contributed by atoms with Crippen LogP contribution in [0.15, 0.2) is 67.0 Å². The maximum atomic E-state index is 12.0. The molecule has 2 aromatic carbocycles. The molecule has 7 heteroatoms. The standard InChI is InChI=1S/C21H18Br2N2O3/c1-13-9-14(2)21(18(23)10-13)27-12-20(26)25-24-11-17-7-8-19(28-17)15-3-5-16(22)6-4-15/h3-11H,12H2,1-2H3,(H,25,26)/b24-11-. The average Bonchev–Trinajstić information content (AvgIpc) is 3.10. The van der Waals surface area contributed by atoms with Gasteiger partial charge >= 0.3 is 0 Å². The SMILES string of the molecule is Cc1cc(C)c(OCC(=O)N/N=C\c2ccc(-c3ccc(Br)cc3)o2)c(Br)c1. The summed E-state index contributed by atoms with van der Waals surface area (Å²) >= 11 is 6.86. The highest BCUT2D eigenvalue weighted by molar-refractivity contribution is 9.10. The number of ether oxygens (including phenoxy) is 1. The van der Waals surface area contributed by atoms with Crippen LogP contribution in [0.5, 0.6) is 5.75 Å². The third-order valence-corrected chi connectivity index (χ3v) is 4.98. The highest BCUT2D eigenvalue weighted by Gasteiger charge is 2.09. The van der Waals surface area contributed by atoms with E-state index in [2.05, 4.69) is 42.4 Å². The summed E-state index contributed by atoms with van der Waals surface area (Å²) < 4.78 is 13.1. The lowest BCUT2D eigenvalue weighted by Gasteiger charge is -2.11. The van der Waals surface area contributed by atoms with Crippen LogP contribution in [-0.2, 0) is 4.79 Å². The van der Waals surface area contributed by atoms with Gasteiger partial charge in [0.2, 0.25) is 0 Å². The first-order valence-electron chi connectivity index (χ1n) is 8.49. The molecule has 3 rings (SSSR count). The Hall–Kier alpha value is -2.38. The summed E-state index contributed by atoms with van der Waals surface area (Å²) in [6.07, 6.45) is 1.45. The molecule has 0 atom stereocenters. The van der Waals surface area contributed by atoms with Crippen molar-refractivity contribution >= 4 is 44.0 Å². The van der Waals surface area contributed by atoms with E-state index in [9.17, 15) is 4.79 Å². The van der Waals surface area contributed by atoms with Crippen LogP contribution in [-0.4, -0.2) is 18.7 Å². The second kappa shape index (κ2) is 9.21. The normalized spacial score (nSPS) is 11.0. The van der Waals surface area contributed by atoms with Crippen LogP contribution in [0, 0.1) is 13.8 Å². The molecular formula is C21H18Br2N2O3. The molecule has 1 N–H and O–H groups in total. The molecule has 0 aliphatic rings. The fourth-order valence-corrected chi connectivity index (χ4v) is 3.67. The Kier molecular flexibility index (Phi) is 6.70. The molecule has 0 radical (unpaired) electrons. The number of benzene rings is 2. The van der Waals surface area contributed by atoms with E-state index in [0.717, 1.165) is 31.4 Å². The number of hydrogen-bond acceptors (Lipinski definition) is 4. The van der Waals surface area contributed by atoms with Gasteiger partial charge in [-0.05, 0) is 71.2 Å². The summed E-state index contributed by atoms with van der Waals surface area (Å²) in [5.74, 6) is 1.55. The number of halogens is 2. The van der Waals surface area contributed by atoms with Gasteiger partial charge in [-0.2, -0.15) is 5.10 Å². The van der Waals surface area contributed by atoms with Crippen LogP contribution in [0.3, 0.4) is 0 Å². The first-order chi connectivity index (χ1) is 13.4. The predicted octanol–water partition coefficient (Wildman–Crippen LogP) is 5.62. The Labute approximate surface area is 180 Å². The molecule has 0 saturated heterocycles. The molecule has 3 aromatic rings. The fraction of sp³-hybridized carbons (Fsp3) is 0.143. The smallest absolute Gasteiger partial charge is 0.277 e. The number of furan rings is 1. The number of nitrogens with one attached hydrogen (secondary N) is 1. The van der Waals surface area contributed by atoms with Gasteiger partial charge in [-0.3, -0.25) is 4.79 Å². The van der Waals surface area contributed by atoms with Crippen molar-refractivity contribution in [2.24, 2.45) is 5.10 Å². The molecule has 0 aliphatic heterocycles. The molecule has 1 aromatic heterocycles. The monoisotopic (exact) mass is 504 g/mol. The minimum Gasteiger partial charge on any atom is -0.482 e. The first kappa shape index (κ1) is 20.4. The maximum Gasteiger partial charge on any atom is 0.277 e. The number of carbonyl (C=O) groups excluding carboxylic acids is 1. The molecule has 0 bridgehead atoms. The van der Waals surface area contributed by atoms with E-state index in [1.54, 1.807) is 6.07 Å². The van der Waals surface area contributed by atoms with Crippen molar-refractivity contribution in [1.29, 1.82) is 0 Å². The summed E-state index contributed by atoms with van der Waals surface area (Å²) in [6, 6.07) is 15.4. The van der Waals surface area contributed by atoms with E-state index in [-0.39, 0.29) is 12.5 Å². The fourth-order valence-electron chi connectivity index (χ4n) is 2.61. The van der Waals surface area contributed by atoms with E-state index in [4.69, 9.17) is 9.15 Å². The highest BCUT2D eigenvalue weighted by atomic mass is 79.9.